The van der Waals surface area contributed by atoms with Gasteiger partial charge in [0.05, 0.1) is 7.11 Å². The molecule has 1 atom stereocenters. The summed E-state index contributed by atoms with van der Waals surface area (Å²) in [5.41, 5.74) is 0.0353. The van der Waals surface area contributed by atoms with E-state index in [1.807, 2.05) is 0 Å². The van der Waals surface area contributed by atoms with E-state index in [9.17, 15) is 27.2 Å². The zero-order valence-corrected chi connectivity index (χ0v) is 17.9. The summed E-state index contributed by atoms with van der Waals surface area (Å²) in [6.45, 7) is 0.0117. The summed E-state index contributed by atoms with van der Waals surface area (Å²) < 4.78 is 60.5. The Morgan fingerprint density at radius 1 is 1.18 bits per heavy atom. The lowest BCUT2D eigenvalue weighted by atomic mass is 9.84. The number of ether oxygens (including phenoxy) is 2. The van der Waals surface area contributed by atoms with E-state index in [2.05, 4.69) is 15.4 Å². The highest BCUT2D eigenvalue weighted by Crippen LogP contribution is 2.31. The van der Waals surface area contributed by atoms with Crippen molar-refractivity contribution in [3.8, 4) is 11.5 Å². The number of benzene rings is 2. The molecule has 0 aliphatic carbocycles. The summed E-state index contributed by atoms with van der Waals surface area (Å²) in [5, 5.41) is 5.54. The van der Waals surface area contributed by atoms with E-state index < -0.39 is 17.7 Å². The van der Waals surface area contributed by atoms with Gasteiger partial charge in [-0.2, -0.15) is 0 Å². The molecule has 1 aliphatic rings. The zero-order valence-electron chi connectivity index (χ0n) is 17.9. The minimum atomic E-state index is -4.80. The Hall–Kier alpha value is -3.30. The largest absolute Gasteiger partial charge is 0.573 e. The third-order valence-electron chi connectivity index (χ3n) is 5.47. The normalized spacial score (nSPS) is 18.0. The van der Waals surface area contributed by atoms with Crippen LogP contribution in [-0.4, -0.2) is 30.8 Å². The second-order valence-corrected chi connectivity index (χ2v) is 7.93. The summed E-state index contributed by atoms with van der Waals surface area (Å²) in [4.78, 5) is 24.3. The molecule has 0 radical (unpaired) electrons. The Labute approximate surface area is 188 Å². The van der Waals surface area contributed by atoms with Crippen molar-refractivity contribution in [2.45, 2.75) is 50.6 Å². The molecular weight excluding hydrogens is 444 g/mol. The highest BCUT2D eigenvalue weighted by molar-refractivity contribution is 5.80. The van der Waals surface area contributed by atoms with Gasteiger partial charge in [-0.25, -0.2) is 4.39 Å². The van der Waals surface area contributed by atoms with Crippen LogP contribution in [0.1, 0.15) is 36.8 Å². The SMILES string of the molecule is COc1ccc(F)c(C[C@]2(CCC(=O)NCc3cccc(OC(F)(F)F)c3)CCC(=O)N2)c1. The molecule has 10 heteroatoms. The summed E-state index contributed by atoms with van der Waals surface area (Å²) >= 11 is 0. The number of carbonyl (C=O) groups is 2. The van der Waals surface area contributed by atoms with Crippen LogP contribution in [0, 0.1) is 5.82 Å². The first kappa shape index (κ1) is 24.3. The number of rotatable bonds is 9. The van der Waals surface area contributed by atoms with Crippen molar-refractivity contribution in [2.75, 3.05) is 7.11 Å². The molecule has 178 valence electrons. The molecule has 1 saturated heterocycles. The number of nitrogens with one attached hydrogen (secondary N) is 2. The Morgan fingerprint density at radius 2 is 1.97 bits per heavy atom. The predicted molar refractivity (Wildman–Crippen MR) is 111 cm³/mol. The number of halogens is 4. The number of alkyl halides is 3. The maximum Gasteiger partial charge on any atom is 0.573 e. The Balaban J connectivity index is 1.60. The van der Waals surface area contributed by atoms with E-state index in [1.54, 1.807) is 12.1 Å². The molecule has 2 amide bonds. The first-order valence-electron chi connectivity index (χ1n) is 10.3. The van der Waals surface area contributed by atoms with Gasteiger partial charge in [-0.1, -0.05) is 12.1 Å². The number of carbonyl (C=O) groups excluding carboxylic acids is 2. The molecule has 2 N–H and O–H groups in total. The lowest BCUT2D eigenvalue weighted by molar-refractivity contribution is -0.274. The summed E-state index contributed by atoms with van der Waals surface area (Å²) in [5.74, 6) is -0.826. The fraction of sp³-hybridized carbons (Fsp3) is 0.391. The van der Waals surface area contributed by atoms with Gasteiger partial charge in [-0.3, -0.25) is 9.59 Å². The number of amides is 2. The van der Waals surface area contributed by atoms with Crippen LogP contribution in [-0.2, 0) is 22.6 Å². The van der Waals surface area contributed by atoms with E-state index in [0.29, 0.717) is 23.3 Å². The van der Waals surface area contributed by atoms with Crippen LogP contribution in [0.3, 0.4) is 0 Å². The number of hydrogen-bond donors (Lipinski definition) is 2. The van der Waals surface area contributed by atoms with Gasteiger partial charge in [0.15, 0.2) is 0 Å². The van der Waals surface area contributed by atoms with Gasteiger partial charge < -0.3 is 20.1 Å². The molecule has 0 spiro atoms. The fourth-order valence-electron chi connectivity index (χ4n) is 3.85. The van der Waals surface area contributed by atoms with Crippen molar-refractivity contribution in [1.29, 1.82) is 0 Å². The topological polar surface area (TPSA) is 76.7 Å². The zero-order chi connectivity index (χ0) is 24.1. The first-order chi connectivity index (χ1) is 15.6. The van der Waals surface area contributed by atoms with Gasteiger partial charge in [0.2, 0.25) is 11.8 Å². The van der Waals surface area contributed by atoms with E-state index in [1.165, 1.54) is 37.4 Å². The fourth-order valence-corrected chi connectivity index (χ4v) is 3.85. The Morgan fingerprint density at radius 3 is 2.64 bits per heavy atom. The van der Waals surface area contributed by atoms with Gasteiger partial charge in [-0.05, 0) is 60.7 Å². The van der Waals surface area contributed by atoms with Crippen molar-refractivity contribution in [2.24, 2.45) is 0 Å². The van der Waals surface area contributed by atoms with Crippen molar-refractivity contribution < 1.29 is 36.6 Å². The highest BCUT2D eigenvalue weighted by Gasteiger charge is 2.38. The Bertz CT molecular complexity index is 1010. The van der Waals surface area contributed by atoms with E-state index >= 15 is 0 Å². The lowest BCUT2D eigenvalue weighted by Gasteiger charge is -2.29. The van der Waals surface area contributed by atoms with E-state index in [-0.39, 0.29) is 49.8 Å². The van der Waals surface area contributed by atoms with Crippen LogP contribution in [0.15, 0.2) is 42.5 Å². The van der Waals surface area contributed by atoms with Gasteiger partial charge in [-0.15, -0.1) is 13.2 Å². The summed E-state index contributed by atoms with van der Waals surface area (Å²) in [6, 6.07) is 9.68. The maximum atomic E-state index is 14.3. The molecule has 6 nitrogen and oxygen atoms in total. The van der Waals surface area contributed by atoms with Crippen LogP contribution in [0.5, 0.6) is 11.5 Å². The molecular formula is C23H24F4N2O4. The molecule has 1 fully saturated rings. The molecule has 0 bridgehead atoms. The van der Waals surface area contributed by atoms with E-state index in [0.717, 1.165) is 0 Å². The third-order valence-corrected chi connectivity index (χ3v) is 5.47. The second kappa shape index (κ2) is 10.1. The molecule has 2 aromatic rings. The lowest BCUT2D eigenvalue weighted by Crippen LogP contribution is -2.44. The molecule has 1 heterocycles. The molecule has 2 aromatic carbocycles. The van der Waals surface area contributed by atoms with Crippen LogP contribution in [0.2, 0.25) is 0 Å². The molecule has 1 aliphatic heterocycles. The Kier molecular flexibility index (Phi) is 7.45. The van der Waals surface area contributed by atoms with E-state index in [4.69, 9.17) is 4.74 Å². The third kappa shape index (κ3) is 7.10. The molecule has 0 unspecified atom stereocenters. The van der Waals surface area contributed by atoms with Crippen molar-refractivity contribution in [3.63, 3.8) is 0 Å². The smallest absolute Gasteiger partial charge is 0.497 e. The highest BCUT2D eigenvalue weighted by atomic mass is 19.4. The average molecular weight is 468 g/mol. The summed E-state index contributed by atoms with van der Waals surface area (Å²) in [6.07, 6.45) is -3.55. The quantitative estimate of drug-likeness (QED) is 0.545. The van der Waals surface area contributed by atoms with Crippen molar-refractivity contribution >= 4 is 11.8 Å². The first-order valence-corrected chi connectivity index (χ1v) is 10.3. The number of methoxy groups -OCH3 is 1. The van der Waals surface area contributed by atoms with Crippen molar-refractivity contribution in [1.82, 2.24) is 10.6 Å². The minimum Gasteiger partial charge on any atom is -0.497 e. The monoisotopic (exact) mass is 468 g/mol. The van der Waals surface area contributed by atoms with Crippen LogP contribution in [0.4, 0.5) is 17.6 Å². The maximum absolute atomic E-state index is 14.3. The number of hydrogen-bond acceptors (Lipinski definition) is 4. The summed E-state index contributed by atoms with van der Waals surface area (Å²) in [7, 11) is 1.47. The van der Waals surface area contributed by atoms with Crippen LogP contribution in [0.25, 0.3) is 0 Å². The van der Waals surface area contributed by atoms with Gasteiger partial charge in [0, 0.05) is 24.9 Å². The minimum absolute atomic E-state index is 0.0117. The van der Waals surface area contributed by atoms with Gasteiger partial charge >= 0.3 is 6.36 Å². The van der Waals surface area contributed by atoms with Gasteiger partial charge in [0.1, 0.15) is 17.3 Å². The van der Waals surface area contributed by atoms with Gasteiger partial charge in [0.25, 0.3) is 0 Å². The van der Waals surface area contributed by atoms with Crippen molar-refractivity contribution in [3.05, 3.63) is 59.4 Å². The second-order valence-electron chi connectivity index (χ2n) is 7.93. The standard InChI is InChI=1S/C23H24F4N2O4/c1-32-17-5-6-19(24)16(12-17)13-22(10-8-21(31)29-22)9-7-20(30)28-14-15-3-2-4-18(11-15)33-23(25,26)27/h2-6,11-12H,7-10,13-14H2,1H3,(H,28,30)(H,29,31)/t22-/m0/s1. The average Bonchev–Trinajstić information content (AvgIpc) is 3.12. The molecule has 0 saturated carbocycles. The van der Waals surface area contributed by atoms with Crippen LogP contribution < -0.4 is 20.1 Å². The molecule has 0 aromatic heterocycles. The molecule has 33 heavy (non-hydrogen) atoms. The molecule has 3 rings (SSSR count). The van der Waals surface area contributed by atoms with Crippen LogP contribution >= 0.6 is 0 Å². The predicted octanol–water partition coefficient (Wildman–Crippen LogP) is 4.02.